The first-order valence-corrected chi connectivity index (χ1v) is 24.1. The van der Waals surface area contributed by atoms with Crippen molar-refractivity contribution in [2.45, 2.75) is 200 Å². The smallest absolute Gasteiger partial charge is 0.306 e. The van der Waals surface area contributed by atoms with Crippen molar-refractivity contribution >= 4 is 11.9 Å². The maximum absolute atomic E-state index is 12.2. The minimum Gasteiger partial charge on any atom is -0.462 e. The van der Waals surface area contributed by atoms with E-state index >= 15 is 0 Å². The SMILES string of the molecule is CC/C=C\C/C=C\C/C=C\C/C=C\C/C=C\C/C=C\CCCCCCC(=O)OC(CO)COC(=O)CCCCCCCCCCCC/C=C\C/C=C\C/C=C\C/C=C\CC. The first-order valence-electron chi connectivity index (χ1n) is 24.1. The molecule has 0 heterocycles. The Morgan fingerprint density at radius 2 is 0.667 bits per heavy atom. The number of ether oxygens (including phenoxy) is 2. The third kappa shape index (κ3) is 47.0. The van der Waals surface area contributed by atoms with Gasteiger partial charge in [-0.25, -0.2) is 0 Å². The molecule has 0 radical (unpaired) electrons. The van der Waals surface area contributed by atoms with Gasteiger partial charge < -0.3 is 14.6 Å². The zero-order valence-electron chi connectivity index (χ0n) is 38.4. The summed E-state index contributed by atoms with van der Waals surface area (Å²) in [5, 5.41) is 9.62. The third-order valence-electron chi connectivity index (χ3n) is 9.75. The minimum absolute atomic E-state index is 0.0868. The van der Waals surface area contributed by atoms with E-state index < -0.39 is 6.10 Å². The Hall–Kier alpha value is -3.70. The molecule has 0 amide bonds. The Kier molecular flexibility index (Phi) is 46.6. The van der Waals surface area contributed by atoms with Crippen molar-refractivity contribution in [2.75, 3.05) is 13.2 Å². The second-order valence-corrected chi connectivity index (χ2v) is 15.4. The predicted molar refractivity (Wildman–Crippen MR) is 260 cm³/mol. The van der Waals surface area contributed by atoms with Gasteiger partial charge in [-0.3, -0.25) is 9.59 Å². The van der Waals surface area contributed by atoms with E-state index in [9.17, 15) is 14.7 Å². The van der Waals surface area contributed by atoms with E-state index in [1.165, 1.54) is 51.4 Å². The van der Waals surface area contributed by atoms with Crippen LogP contribution in [0.4, 0.5) is 0 Å². The van der Waals surface area contributed by atoms with Crippen LogP contribution in [0.2, 0.25) is 0 Å². The molecule has 0 aromatic carbocycles. The normalized spacial score (nSPS) is 13.3. The fraction of sp³-hybridized carbons (Fsp3) is 0.600. The quantitative estimate of drug-likeness (QED) is 0.0377. The van der Waals surface area contributed by atoms with Crippen molar-refractivity contribution in [3.8, 4) is 0 Å². The number of hydrogen-bond donors (Lipinski definition) is 1. The van der Waals surface area contributed by atoms with Gasteiger partial charge >= 0.3 is 11.9 Å². The maximum atomic E-state index is 12.2. The van der Waals surface area contributed by atoms with Crippen molar-refractivity contribution in [3.63, 3.8) is 0 Å². The standard InChI is InChI=1S/C55H88O5/c1-3-5-7-9-11-13-15-17-19-21-23-25-27-29-31-33-35-37-39-41-43-45-47-49-54(57)59-52-53(51-56)60-55(58)50-48-46-44-42-40-38-36-34-32-30-28-26-24-22-20-18-16-14-12-10-8-6-4-2/h5-8,11-14,17-20,23-26,30,32,36,38,53,56H,3-4,9-10,15-16,21-22,27-29,31,33-35,37,39-52H2,1-2H3/b7-5-,8-6-,13-11-,14-12-,19-17-,20-18-,25-23-,26-24-,32-30-,38-36-. The van der Waals surface area contributed by atoms with E-state index in [0.29, 0.717) is 12.8 Å². The van der Waals surface area contributed by atoms with Crippen LogP contribution in [0.25, 0.3) is 0 Å². The monoisotopic (exact) mass is 829 g/mol. The third-order valence-corrected chi connectivity index (χ3v) is 9.75. The van der Waals surface area contributed by atoms with Gasteiger partial charge in [0.2, 0.25) is 0 Å². The molecule has 338 valence electrons. The Morgan fingerprint density at radius 3 is 1.00 bits per heavy atom. The van der Waals surface area contributed by atoms with Gasteiger partial charge in [0.15, 0.2) is 6.10 Å². The molecule has 0 bridgehead atoms. The fourth-order valence-corrected chi connectivity index (χ4v) is 6.19. The second kappa shape index (κ2) is 49.7. The molecule has 0 fully saturated rings. The number of aliphatic hydroxyl groups excluding tert-OH is 1. The average Bonchev–Trinajstić information content (AvgIpc) is 3.25. The zero-order valence-corrected chi connectivity index (χ0v) is 38.4. The number of unbranched alkanes of at least 4 members (excludes halogenated alkanes) is 14. The number of hydrogen-bond acceptors (Lipinski definition) is 5. The van der Waals surface area contributed by atoms with E-state index in [4.69, 9.17) is 9.47 Å². The number of aliphatic hydroxyl groups is 1. The summed E-state index contributed by atoms with van der Waals surface area (Å²) in [6, 6.07) is 0. The van der Waals surface area contributed by atoms with Crippen LogP contribution in [0.15, 0.2) is 122 Å². The lowest BCUT2D eigenvalue weighted by molar-refractivity contribution is -0.161. The summed E-state index contributed by atoms with van der Waals surface area (Å²) in [6.07, 6.45) is 72.7. The molecule has 1 N–H and O–H groups in total. The zero-order chi connectivity index (χ0) is 43.5. The second-order valence-electron chi connectivity index (χ2n) is 15.4. The molecule has 1 unspecified atom stereocenters. The number of carbonyl (C=O) groups is 2. The largest absolute Gasteiger partial charge is 0.462 e. The highest BCUT2D eigenvalue weighted by atomic mass is 16.6. The first kappa shape index (κ1) is 56.3. The number of esters is 2. The molecule has 60 heavy (non-hydrogen) atoms. The van der Waals surface area contributed by atoms with Crippen LogP contribution in [-0.4, -0.2) is 36.4 Å². The Morgan fingerprint density at radius 1 is 0.383 bits per heavy atom. The molecule has 5 nitrogen and oxygen atoms in total. The number of allylic oxidation sites excluding steroid dienone is 20. The predicted octanol–water partition coefficient (Wildman–Crippen LogP) is 16.0. The van der Waals surface area contributed by atoms with Gasteiger partial charge in [0.05, 0.1) is 6.61 Å². The summed E-state index contributed by atoms with van der Waals surface area (Å²) < 4.78 is 10.6. The van der Waals surface area contributed by atoms with Crippen LogP contribution in [-0.2, 0) is 19.1 Å². The van der Waals surface area contributed by atoms with Crippen molar-refractivity contribution in [1.29, 1.82) is 0 Å². The molecule has 0 aliphatic carbocycles. The number of rotatable bonds is 42. The van der Waals surface area contributed by atoms with Crippen molar-refractivity contribution in [3.05, 3.63) is 122 Å². The molecule has 1 atom stereocenters. The minimum atomic E-state index is -0.797. The summed E-state index contributed by atoms with van der Waals surface area (Å²) in [7, 11) is 0. The van der Waals surface area contributed by atoms with Gasteiger partial charge in [-0.2, -0.15) is 0 Å². The van der Waals surface area contributed by atoms with E-state index in [1.807, 2.05) is 0 Å². The highest BCUT2D eigenvalue weighted by Gasteiger charge is 2.16. The van der Waals surface area contributed by atoms with Gasteiger partial charge in [0.25, 0.3) is 0 Å². The lowest BCUT2D eigenvalue weighted by Crippen LogP contribution is -2.28. The molecule has 0 saturated carbocycles. The van der Waals surface area contributed by atoms with Crippen molar-refractivity contribution in [2.24, 2.45) is 0 Å². The van der Waals surface area contributed by atoms with Crippen molar-refractivity contribution in [1.82, 2.24) is 0 Å². The van der Waals surface area contributed by atoms with Gasteiger partial charge in [0, 0.05) is 12.8 Å². The first-order chi connectivity index (χ1) is 29.6. The van der Waals surface area contributed by atoms with E-state index in [0.717, 1.165) is 116 Å². The van der Waals surface area contributed by atoms with Gasteiger partial charge in [-0.1, -0.05) is 200 Å². The summed E-state index contributed by atoms with van der Waals surface area (Å²) in [6.45, 7) is 3.88. The van der Waals surface area contributed by atoms with Crippen LogP contribution in [0.5, 0.6) is 0 Å². The average molecular weight is 829 g/mol. The highest BCUT2D eigenvalue weighted by Crippen LogP contribution is 2.13. The van der Waals surface area contributed by atoms with Crippen LogP contribution >= 0.6 is 0 Å². The molecular formula is C55H88O5. The van der Waals surface area contributed by atoms with E-state index in [2.05, 4.69) is 135 Å². The molecule has 0 spiro atoms. The molecular weight excluding hydrogens is 741 g/mol. The Bertz CT molecular complexity index is 1260. The van der Waals surface area contributed by atoms with Gasteiger partial charge in [0.1, 0.15) is 6.61 Å². The Balaban J connectivity index is 3.63. The number of carbonyl (C=O) groups excluding carboxylic acids is 2. The topological polar surface area (TPSA) is 72.8 Å². The molecule has 5 heteroatoms. The molecule has 0 aromatic heterocycles. The maximum Gasteiger partial charge on any atom is 0.306 e. The van der Waals surface area contributed by atoms with E-state index in [-0.39, 0.29) is 25.2 Å². The van der Waals surface area contributed by atoms with Crippen molar-refractivity contribution < 1.29 is 24.2 Å². The van der Waals surface area contributed by atoms with Crippen LogP contribution < -0.4 is 0 Å². The summed E-state index contributed by atoms with van der Waals surface area (Å²) in [5.74, 6) is -0.634. The molecule has 0 aromatic rings. The van der Waals surface area contributed by atoms with Crippen LogP contribution in [0, 0.1) is 0 Å². The van der Waals surface area contributed by atoms with E-state index in [1.54, 1.807) is 0 Å². The van der Waals surface area contributed by atoms with Gasteiger partial charge in [-0.05, 0) is 103 Å². The molecule has 0 saturated heterocycles. The molecule has 0 rings (SSSR count). The summed E-state index contributed by atoms with van der Waals surface area (Å²) in [4.78, 5) is 24.4. The summed E-state index contributed by atoms with van der Waals surface area (Å²) in [5.41, 5.74) is 0. The lowest BCUT2D eigenvalue weighted by Gasteiger charge is -2.15. The Labute approximate surface area is 369 Å². The lowest BCUT2D eigenvalue weighted by atomic mass is 10.1. The molecule has 0 aliphatic rings. The fourth-order valence-electron chi connectivity index (χ4n) is 6.19. The van der Waals surface area contributed by atoms with Gasteiger partial charge in [-0.15, -0.1) is 0 Å². The highest BCUT2D eigenvalue weighted by molar-refractivity contribution is 5.70. The summed E-state index contributed by atoms with van der Waals surface area (Å²) >= 11 is 0. The van der Waals surface area contributed by atoms with Crippen LogP contribution in [0.3, 0.4) is 0 Å². The van der Waals surface area contributed by atoms with Crippen LogP contribution in [0.1, 0.15) is 194 Å². The molecule has 0 aliphatic heterocycles.